The minimum absolute atomic E-state index is 0.569. The van der Waals surface area contributed by atoms with Gasteiger partial charge >= 0.3 is 0 Å². The van der Waals surface area contributed by atoms with Gasteiger partial charge in [0, 0.05) is 17.0 Å². The molecule has 3 aromatic rings. The molecule has 0 fully saturated rings. The number of hydrazone groups is 1. The maximum atomic E-state index is 5.83. The first kappa shape index (κ1) is 23.4. The molecule has 7 nitrogen and oxygen atoms in total. The summed E-state index contributed by atoms with van der Waals surface area (Å²) in [6, 6.07) is 11.4. The minimum atomic E-state index is 0.569. The van der Waals surface area contributed by atoms with E-state index in [-0.39, 0.29) is 0 Å². The van der Waals surface area contributed by atoms with E-state index in [9.17, 15) is 0 Å². The lowest BCUT2D eigenvalue weighted by atomic mass is 10.1. The molecule has 1 aromatic heterocycles. The Morgan fingerprint density at radius 1 is 1.00 bits per heavy atom. The highest BCUT2D eigenvalue weighted by atomic mass is 32.1. The summed E-state index contributed by atoms with van der Waals surface area (Å²) in [5, 5.41) is 6.96. The minimum Gasteiger partial charge on any atom is -0.497 e. The number of nitrogens with zero attached hydrogens (tertiary/aromatic N) is 2. The number of anilines is 1. The fraction of sp³-hybridized carbons (Fsp3) is 0.333. The van der Waals surface area contributed by atoms with Crippen molar-refractivity contribution in [2.24, 2.45) is 5.10 Å². The molecule has 1 N–H and O–H groups in total. The van der Waals surface area contributed by atoms with Crippen molar-refractivity contribution in [3.63, 3.8) is 0 Å². The standard InChI is InChI=1S/C24H29N3O4S/c1-5-7-12-31-21-11-8-17(13-23(21)30-6-2)15-25-27-24-26-20(16-32-24)19-10-9-18(28-3)14-22(19)29-4/h8-11,13-16H,5-7,12H2,1-4H3,(H,26,27)/b25-15-. The monoisotopic (exact) mass is 455 g/mol. The Balaban J connectivity index is 1.68. The lowest BCUT2D eigenvalue weighted by molar-refractivity contribution is 0.272. The van der Waals surface area contributed by atoms with Crippen LogP contribution in [0.4, 0.5) is 5.13 Å². The molecular formula is C24H29N3O4S. The molecule has 1 heterocycles. The number of hydrogen-bond acceptors (Lipinski definition) is 8. The second-order valence-corrected chi connectivity index (χ2v) is 7.67. The molecule has 0 aliphatic carbocycles. The first-order valence-corrected chi connectivity index (χ1v) is 11.4. The van der Waals surface area contributed by atoms with Gasteiger partial charge in [0.05, 0.1) is 39.3 Å². The third-order valence-electron chi connectivity index (χ3n) is 4.59. The molecule has 0 radical (unpaired) electrons. The molecule has 2 aromatic carbocycles. The third-order valence-corrected chi connectivity index (χ3v) is 5.33. The van der Waals surface area contributed by atoms with Crippen molar-refractivity contribution in [3.05, 3.63) is 47.3 Å². The van der Waals surface area contributed by atoms with Gasteiger partial charge in [0.15, 0.2) is 11.5 Å². The highest BCUT2D eigenvalue weighted by Crippen LogP contribution is 2.35. The molecule has 0 spiro atoms. The third kappa shape index (κ3) is 6.13. The molecule has 3 rings (SSSR count). The van der Waals surface area contributed by atoms with Crippen LogP contribution in [0, 0.1) is 0 Å². The number of rotatable bonds is 12. The van der Waals surface area contributed by atoms with Crippen molar-refractivity contribution in [3.8, 4) is 34.3 Å². The zero-order valence-corrected chi connectivity index (χ0v) is 19.7. The van der Waals surface area contributed by atoms with Gasteiger partial charge in [-0.1, -0.05) is 13.3 Å². The summed E-state index contributed by atoms with van der Waals surface area (Å²) in [5.41, 5.74) is 5.59. The van der Waals surface area contributed by atoms with E-state index in [1.807, 2.05) is 48.7 Å². The number of benzene rings is 2. The fourth-order valence-corrected chi connectivity index (χ4v) is 3.60. The van der Waals surface area contributed by atoms with E-state index >= 15 is 0 Å². The molecule has 0 unspecified atom stereocenters. The van der Waals surface area contributed by atoms with Crippen LogP contribution in [0.3, 0.4) is 0 Å². The number of methoxy groups -OCH3 is 2. The van der Waals surface area contributed by atoms with Gasteiger partial charge in [0.2, 0.25) is 5.13 Å². The summed E-state index contributed by atoms with van der Waals surface area (Å²) >= 11 is 1.47. The van der Waals surface area contributed by atoms with Crippen molar-refractivity contribution < 1.29 is 18.9 Å². The summed E-state index contributed by atoms with van der Waals surface area (Å²) < 4.78 is 22.3. The predicted molar refractivity (Wildman–Crippen MR) is 130 cm³/mol. The number of aromatic nitrogens is 1. The van der Waals surface area contributed by atoms with Crippen molar-refractivity contribution in [2.75, 3.05) is 32.9 Å². The van der Waals surface area contributed by atoms with Crippen LogP contribution in [-0.2, 0) is 0 Å². The molecular weight excluding hydrogens is 426 g/mol. The summed E-state index contributed by atoms with van der Waals surface area (Å²) in [6.45, 7) is 5.34. The Bertz CT molecular complexity index is 1040. The van der Waals surface area contributed by atoms with E-state index in [4.69, 9.17) is 18.9 Å². The number of ether oxygens (including phenoxy) is 4. The SMILES string of the molecule is CCCCOc1ccc(/C=N\Nc2nc(-c3ccc(OC)cc3OC)cs2)cc1OCC. The normalized spacial score (nSPS) is 10.9. The van der Waals surface area contributed by atoms with Crippen molar-refractivity contribution in [2.45, 2.75) is 26.7 Å². The molecule has 0 saturated carbocycles. The van der Waals surface area contributed by atoms with Gasteiger partial charge in [-0.05, 0) is 49.2 Å². The van der Waals surface area contributed by atoms with Crippen LogP contribution in [0.5, 0.6) is 23.0 Å². The summed E-state index contributed by atoms with van der Waals surface area (Å²) in [5.74, 6) is 2.91. The van der Waals surface area contributed by atoms with E-state index in [1.165, 1.54) is 11.3 Å². The Hall–Kier alpha value is -3.26. The van der Waals surface area contributed by atoms with Gasteiger partial charge in [-0.2, -0.15) is 5.10 Å². The van der Waals surface area contributed by atoms with Crippen molar-refractivity contribution in [1.29, 1.82) is 0 Å². The average Bonchev–Trinajstić information content (AvgIpc) is 3.29. The number of unbranched alkanes of at least 4 members (excludes halogenated alkanes) is 1. The summed E-state index contributed by atoms with van der Waals surface area (Å²) in [4.78, 5) is 4.61. The van der Waals surface area contributed by atoms with Gasteiger partial charge in [-0.25, -0.2) is 4.98 Å². The zero-order valence-electron chi connectivity index (χ0n) is 18.9. The smallest absolute Gasteiger partial charge is 0.203 e. The van der Waals surface area contributed by atoms with Crippen LogP contribution in [0.15, 0.2) is 46.9 Å². The Kier molecular flexibility index (Phi) is 8.74. The molecule has 0 aliphatic heterocycles. The number of thiazole rings is 1. The average molecular weight is 456 g/mol. The van der Waals surface area contributed by atoms with E-state index in [1.54, 1.807) is 20.4 Å². The van der Waals surface area contributed by atoms with Crippen molar-refractivity contribution >= 4 is 22.7 Å². The molecule has 170 valence electrons. The van der Waals surface area contributed by atoms with E-state index < -0.39 is 0 Å². The predicted octanol–water partition coefficient (Wildman–Crippen LogP) is 5.85. The van der Waals surface area contributed by atoms with Crippen molar-refractivity contribution in [1.82, 2.24) is 4.98 Å². The van der Waals surface area contributed by atoms with E-state index in [0.717, 1.165) is 46.9 Å². The van der Waals surface area contributed by atoms with Crippen LogP contribution in [0.25, 0.3) is 11.3 Å². The summed E-state index contributed by atoms with van der Waals surface area (Å²) in [6.07, 6.45) is 3.83. The molecule has 0 aliphatic rings. The van der Waals surface area contributed by atoms with Gasteiger partial charge in [-0.3, -0.25) is 5.43 Å². The first-order valence-electron chi connectivity index (χ1n) is 10.5. The maximum Gasteiger partial charge on any atom is 0.203 e. The molecule has 8 heteroatoms. The van der Waals surface area contributed by atoms with Gasteiger partial charge in [0.25, 0.3) is 0 Å². The largest absolute Gasteiger partial charge is 0.497 e. The van der Waals surface area contributed by atoms with E-state index in [2.05, 4.69) is 22.4 Å². The second-order valence-electron chi connectivity index (χ2n) is 6.82. The van der Waals surface area contributed by atoms with Gasteiger partial charge < -0.3 is 18.9 Å². The van der Waals surface area contributed by atoms with Gasteiger partial charge in [0.1, 0.15) is 11.5 Å². The Morgan fingerprint density at radius 2 is 1.88 bits per heavy atom. The first-order chi connectivity index (χ1) is 15.7. The molecule has 0 bridgehead atoms. The second kappa shape index (κ2) is 12.0. The summed E-state index contributed by atoms with van der Waals surface area (Å²) in [7, 11) is 3.26. The maximum absolute atomic E-state index is 5.83. The quantitative estimate of drug-likeness (QED) is 0.210. The van der Waals surface area contributed by atoms with Crippen LogP contribution in [0.1, 0.15) is 32.3 Å². The molecule has 0 saturated heterocycles. The van der Waals surface area contributed by atoms with Crippen LogP contribution >= 0.6 is 11.3 Å². The van der Waals surface area contributed by atoms with Crippen LogP contribution < -0.4 is 24.4 Å². The zero-order chi connectivity index (χ0) is 22.8. The van der Waals surface area contributed by atoms with E-state index in [0.29, 0.717) is 24.1 Å². The molecule has 0 amide bonds. The fourth-order valence-electron chi connectivity index (χ4n) is 2.94. The van der Waals surface area contributed by atoms with Crippen LogP contribution in [-0.4, -0.2) is 38.6 Å². The Labute approximate surface area is 193 Å². The lowest BCUT2D eigenvalue weighted by Crippen LogP contribution is -2.01. The number of hydrogen-bond donors (Lipinski definition) is 1. The highest BCUT2D eigenvalue weighted by Gasteiger charge is 2.11. The topological polar surface area (TPSA) is 74.2 Å². The van der Waals surface area contributed by atoms with Crippen LogP contribution in [0.2, 0.25) is 0 Å². The molecule has 0 atom stereocenters. The number of nitrogens with one attached hydrogen (secondary N) is 1. The van der Waals surface area contributed by atoms with Gasteiger partial charge in [-0.15, -0.1) is 11.3 Å². The lowest BCUT2D eigenvalue weighted by Gasteiger charge is -2.12. The Morgan fingerprint density at radius 3 is 2.62 bits per heavy atom. The highest BCUT2D eigenvalue weighted by molar-refractivity contribution is 7.14. The molecule has 32 heavy (non-hydrogen) atoms.